The first-order valence-corrected chi connectivity index (χ1v) is 5.01. The van der Waals surface area contributed by atoms with Crippen LogP contribution in [-0.4, -0.2) is 32.0 Å². The Balaban J connectivity index is 2.51. The first-order chi connectivity index (χ1) is 7.79. The van der Waals surface area contributed by atoms with E-state index in [9.17, 15) is 14.7 Å². The molecule has 0 radical (unpaired) electrons. The molecule has 0 saturated carbocycles. The molecule has 1 aromatic heterocycles. The minimum atomic E-state index is -1.08. The van der Waals surface area contributed by atoms with Crippen molar-refractivity contribution in [2.75, 3.05) is 0 Å². The molecule has 3 amide bonds. The number of hydrogen-bond acceptors (Lipinski definition) is 5. The van der Waals surface area contributed by atoms with E-state index in [2.05, 4.69) is 10.3 Å². The van der Waals surface area contributed by atoms with Gasteiger partial charge in [-0.25, -0.2) is 4.79 Å². The maximum absolute atomic E-state index is 11.1. The molecule has 17 heavy (non-hydrogen) atoms. The summed E-state index contributed by atoms with van der Waals surface area (Å²) in [5.41, 5.74) is 4.12. The van der Waals surface area contributed by atoms with Crippen molar-refractivity contribution < 1.29 is 14.7 Å². The Kier molecular flexibility index (Phi) is 3.79. The summed E-state index contributed by atoms with van der Waals surface area (Å²) in [5, 5.41) is 19.1. The number of carbonyl (C=O) groups excluding carboxylic acids is 2. The van der Waals surface area contributed by atoms with Gasteiger partial charge in [0.25, 0.3) is 0 Å². The van der Waals surface area contributed by atoms with Crippen molar-refractivity contribution in [3.05, 3.63) is 11.9 Å². The molecule has 0 atom stereocenters. The summed E-state index contributed by atoms with van der Waals surface area (Å²) in [4.78, 5) is 21.5. The molecule has 0 aliphatic heterocycles. The van der Waals surface area contributed by atoms with Crippen molar-refractivity contribution in [2.24, 2.45) is 5.73 Å². The zero-order chi connectivity index (χ0) is 13.1. The quantitative estimate of drug-likeness (QED) is 0.629. The van der Waals surface area contributed by atoms with Crippen molar-refractivity contribution >= 4 is 11.9 Å². The van der Waals surface area contributed by atoms with E-state index >= 15 is 0 Å². The molecule has 0 aliphatic rings. The third-order valence-corrected chi connectivity index (χ3v) is 2.00. The first kappa shape index (κ1) is 13.1. The lowest BCUT2D eigenvalue weighted by Gasteiger charge is -2.11. The van der Waals surface area contributed by atoms with Crippen LogP contribution in [0.1, 0.15) is 26.0 Å². The Labute approximate surface area is 97.8 Å². The molecule has 0 unspecified atom stereocenters. The Hall–Kier alpha value is -1.96. The van der Waals surface area contributed by atoms with Crippen LogP contribution in [0.4, 0.5) is 4.79 Å². The topological polar surface area (TPSA) is 123 Å². The number of primary amides is 1. The third-order valence-electron chi connectivity index (χ3n) is 2.00. The first-order valence-electron chi connectivity index (χ1n) is 5.01. The molecule has 0 aliphatic carbocycles. The SMILES string of the molecule is CC(C)(O)c1cn(CCC(=O)NC(N)=O)nn1. The standard InChI is InChI=1S/C9H15N5O3/c1-9(2,17)6-5-14(13-12-6)4-3-7(15)11-8(10)16/h5,17H,3-4H2,1-2H3,(H3,10,11,15,16). The molecule has 0 bridgehead atoms. The molecule has 8 heteroatoms. The van der Waals surface area contributed by atoms with Gasteiger partial charge in [-0.05, 0) is 13.8 Å². The van der Waals surface area contributed by atoms with E-state index in [4.69, 9.17) is 5.73 Å². The number of nitrogens with zero attached hydrogens (tertiary/aromatic N) is 3. The highest BCUT2D eigenvalue weighted by Crippen LogP contribution is 2.15. The van der Waals surface area contributed by atoms with Crippen LogP contribution in [-0.2, 0) is 16.9 Å². The van der Waals surface area contributed by atoms with E-state index in [1.165, 1.54) is 10.9 Å². The largest absolute Gasteiger partial charge is 0.384 e. The van der Waals surface area contributed by atoms with Crippen LogP contribution in [0.2, 0.25) is 0 Å². The lowest BCUT2D eigenvalue weighted by atomic mass is 10.1. The fraction of sp³-hybridized carbons (Fsp3) is 0.556. The lowest BCUT2D eigenvalue weighted by molar-refractivity contribution is -0.120. The number of rotatable bonds is 4. The fourth-order valence-corrected chi connectivity index (χ4v) is 1.10. The molecule has 0 fully saturated rings. The van der Waals surface area contributed by atoms with E-state index < -0.39 is 17.5 Å². The van der Waals surface area contributed by atoms with Gasteiger partial charge in [-0.3, -0.25) is 14.8 Å². The number of nitrogens with two attached hydrogens (primary N) is 1. The Morgan fingerprint density at radius 2 is 2.24 bits per heavy atom. The monoisotopic (exact) mass is 241 g/mol. The number of nitrogens with one attached hydrogen (secondary N) is 1. The van der Waals surface area contributed by atoms with Gasteiger partial charge in [0.1, 0.15) is 11.3 Å². The Morgan fingerprint density at radius 3 is 2.71 bits per heavy atom. The molecule has 0 aromatic carbocycles. The lowest BCUT2D eigenvalue weighted by Crippen LogP contribution is -2.35. The second-order valence-corrected chi connectivity index (χ2v) is 4.09. The summed E-state index contributed by atoms with van der Waals surface area (Å²) in [6.07, 6.45) is 1.59. The van der Waals surface area contributed by atoms with Gasteiger partial charge in [-0.2, -0.15) is 0 Å². The van der Waals surface area contributed by atoms with Crippen LogP contribution < -0.4 is 11.1 Å². The molecule has 1 aromatic rings. The van der Waals surface area contributed by atoms with Crippen molar-refractivity contribution in [1.29, 1.82) is 0 Å². The van der Waals surface area contributed by atoms with Gasteiger partial charge in [-0.1, -0.05) is 5.21 Å². The summed E-state index contributed by atoms with van der Waals surface area (Å²) in [5.74, 6) is -0.488. The maximum Gasteiger partial charge on any atom is 0.318 e. The minimum absolute atomic E-state index is 0.0532. The van der Waals surface area contributed by atoms with Crippen molar-refractivity contribution in [1.82, 2.24) is 20.3 Å². The Morgan fingerprint density at radius 1 is 1.59 bits per heavy atom. The molecule has 8 nitrogen and oxygen atoms in total. The van der Waals surface area contributed by atoms with Gasteiger partial charge in [-0.15, -0.1) is 5.10 Å². The highest BCUT2D eigenvalue weighted by atomic mass is 16.3. The van der Waals surface area contributed by atoms with Gasteiger partial charge in [0.05, 0.1) is 12.7 Å². The van der Waals surface area contributed by atoms with Gasteiger partial charge in [0, 0.05) is 6.42 Å². The number of carbonyl (C=O) groups is 2. The van der Waals surface area contributed by atoms with Crippen LogP contribution in [0.25, 0.3) is 0 Å². The zero-order valence-electron chi connectivity index (χ0n) is 9.67. The number of aryl methyl sites for hydroxylation is 1. The fourth-order valence-electron chi connectivity index (χ4n) is 1.10. The number of urea groups is 1. The van der Waals surface area contributed by atoms with Crippen molar-refractivity contribution in [3.8, 4) is 0 Å². The number of aliphatic hydroxyl groups is 1. The highest BCUT2D eigenvalue weighted by Gasteiger charge is 2.20. The second-order valence-electron chi connectivity index (χ2n) is 4.09. The molecule has 1 rings (SSSR count). The predicted molar refractivity (Wildman–Crippen MR) is 57.6 cm³/mol. The van der Waals surface area contributed by atoms with E-state index in [0.717, 1.165) is 0 Å². The average molecular weight is 241 g/mol. The van der Waals surface area contributed by atoms with Crippen LogP contribution in [0.3, 0.4) is 0 Å². The maximum atomic E-state index is 11.1. The number of aromatic nitrogens is 3. The minimum Gasteiger partial charge on any atom is -0.384 e. The molecular formula is C9H15N5O3. The van der Waals surface area contributed by atoms with E-state index in [1.54, 1.807) is 13.8 Å². The molecule has 1 heterocycles. The van der Waals surface area contributed by atoms with Gasteiger partial charge < -0.3 is 10.8 Å². The zero-order valence-corrected chi connectivity index (χ0v) is 9.67. The van der Waals surface area contributed by atoms with Gasteiger partial charge >= 0.3 is 6.03 Å². The summed E-state index contributed by atoms with van der Waals surface area (Å²) >= 11 is 0. The highest BCUT2D eigenvalue weighted by molar-refractivity contribution is 5.93. The number of imide groups is 1. The van der Waals surface area contributed by atoms with Crippen LogP contribution in [0.5, 0.6) is 0 Å². The van der Waals surface area contributed by atoms with Crippen LogP contribution in [0.15, 0.2) is 6.20 Å². The normalized spacial score (nSPS) is 11.2. The van der Waals surface area contributed by atoms with Crippen LogP contribution in [0, 0.1) is 0 Å². The summed E-state index contributed by atoms with van der Waals surface area (Å²) in [6, 6.07) is -0.884. The smallest absolute Gasteiger partial charge is 0.318 e. The van der Waals surface area contributed by atoms with Crippen molar-refractivity contribution in [3.63, 3.8) is 0 Å². The predicted octanol–water partition coefficient (Wildman–Crippen LogP) is -0.909. The molecular weight excluding hydrogens is 226 g/mol. The van der Waals surface area contributed by atoms with Crippen LogP contribution >= 0.6 is 0 Å². The van der Waals surface area contributed by atoms with Crippen molar-refractivity contribution in [2.45, 2.75) is 32.4 Å². The third kappa shape index (κ3) is 4.19. The second kappa shape index (κ2) is 4.91. The summed E-state index contributed by atoms with van der Waals surface area (Å²) in [7, 11) is 0. The molecule has 0 saturated heterocycles. The van der Waals surface area contributed by atoms with E-state index in [0.29, 0.717) is 5.69 Å². The van der Waals surface area contributed by atoms with Gasteiger partial charge in [0.2, 0.25) is 5.91 Å². The van der Waals surface area contributed by atoms with Gasteiger partial charge in [0.15, 0.2) is 0 Å². The molecule has 94 valence electrons. The average Bonchev–Trinajstić information content (AvgIpc) is 2.61. The number of hydrogen-bond donors (Lipinski definition) is 3. The number of amides is 3. The van der Waals surface area contributed by atoms with E-state index in [1.807, 2.05) is 5.32 Å². The summed E-state index contributed by atoms with van der Waals surface area (Å²) in [6.45, 7) is 3.42. The Bertz CT molecular complexity index is 421. The molecule has 4 N–H and O–H groups in total. The summed E-state index contributed by atoms with van der Waals surface area (Å²) < 4.78 is 1.41. The van der Waals surface area contributed by atoms with E-state index in [-0.39, 0.29) is 13.0 Å². The molecule has 0 spiro atoms.